The Labute approximate surface area is 120 Å². The number of ether oxygens (including phenoxy) is 1. The predicted molar refractivity (Wildman–Crippen MR) is 74.3 cm³/mol. The Kier molecular flexibility index (Phi) is 5.33. The molecule has 0 saturated carbocycles. The lowest BCUT2D eigenvalue weighted by molar-refractivity contribution is -0.118. The van der Waals surface area contributed by atoms with Crippen LogP contribution < -0.4 is 15.2 Å². The number of primary amides is 1. The summed E-state index contributed by atoms with van der Waals surface area (Å²) in [5.74, 6) is -0.0322. The van der Waals surface area contributed by atoms with Gasteiger partial charge in [0.1, 0.15) is 5.75 Å². The summed E-state index contributed by atoms with van der Waals surface area (Å²) in [5, 5.41) is 0. The Bertz CT molecular complexity index is 574. The van der Waals surface area contributed by atoms with Crippen LogP contribution >= 0.6 is 15.9 Å². The topological polar surface area (TPSA) is 98.5 Å². The van der Waals surface area contributed by atoms with Crippen LogP contribution in [0.15, 0.2) is 27.6 Å². The first-order chi connectivity index (χ1) is 8.76. The summed E-state index contributed by atoms with van der Waals surface area (Å²) in [4.78, 5) is 10.8. The maximum atomic E-state index is 12.1. The third kappa shape index (κ3) is 4.48. The van der Waals surface area contributed by atoms with Gasteiger partial charge in [0.25, 0.3) is 0 Å². The molecule has 0 fully saturated rings. The van der Waals surface area contributed by atoms with Gasteiger partial charge < -0.3 is 10.5 Å². The Hall–Kier alpha value is -1.12. The highest BCUT2D eigenvalue weighted by atomic mass is 79.9. The molecule has 1 unspecified atom stereocenters. The van der Waals surface area contributed by atoms with Crippen molar-refractivity contribution in [2.24, 2.45) is 5.73 Å². The molecule has 1 aromatic rings. The van der Waals surface area contributed by atoms with Crippen LogP contribution in [0.4, 0.5) is 0 Å². The molecule has 3 N–H and O–H groups in total. The summed E-state index contributed by atoms with van der Waals surface area (Å²) in [6.45, 7) is 1.57. The van der Waals surface area contributed by atoms with Crippen molar-refractivity contribution < 1.29 is 17.9 Å². The number of carbonyl (C=O) groups is 1. The Morgan fingerprint density at radius 2 is 2.16 bits per heavy atom. The standard InChI is InChI=1S/C11H15BrN2O4S/c1-7(5-11(13)15)14-19(16,17)8-3-4-10(18-2)9(12)6-8/h3-4,6-7,14H,5H2,1-2H3,(H2,13,15). The molecule has 0 bridgehead atoms. The van der Waals surface area contributed by atoms with E-state index >= 15 is 0 Å². The fourth-order valence-electron chi connectivity index (χ4n) is 1.49. The highest BCUT2D eigenvalue weighted by Gasteiger charge is 2.19. The summed E-state index contributed by atoms with van der Waals surface area (Å²) in [7, 11) is -2.21. The summed E-state index contributed by atoms with van der Waals surface area (Å²) in [6, 6.07) is 3.82. The highest BCUT2D eigenvalue weighted by Crippen LogP contribution is 2.27. The molecule has 1 atom stereocenters. The van der Waals surface area contributed by atoms with Crippen molar-refractivity contribution in [2.75, 3.05) is 7.11 Å². The van der Waals surface area contributed by atoms with Gasteiger partial charge in [0.15, 0.2) is 0 Å². The third-order valence-electron chi connectivity index (χ3n) is 2.30. The molecule has 0 aliphatic rings. The van der Waals surface area contributed by atoms with Crippen LogP contribution in [0, 0.1) is 0 Å². The number of benzene rings is 1. The number of hydrogen-bond acceptors (Lipinski definition) is 4. The molecule has 1 amide bonds. The fourth-order valence-corrected chi connectivity index (χ4v) is 3.45. The molecular weight excluding hydrogens is 336 g/mol. The van der Waals surface area contributed by atoms with Crippen molar-refractivity contribution in [3.05, 3.63) is 22.7 Å². The minimum atomic E-state index is -3.70. The van der Waals surface area contributed by atoms with E-state index < -0.39 is 22.0 Å². The van der Waals surface area contributed by atoms with Crippen LogP contribution in [0.1, 0.15) is 13.3 Å². The fraction of sp³-hybridized carbons (Fsp3) is 0.364. The number of rotatable bonds is 6. The molecule has 0 heterocycles. The first kappa shape index (κ1) is 15.9. The number of nitrogens with two attached hydrogens (primary N) is 1. The van der Waals surface area contributed by atoms with Gasteiger partial charge in [0.2, 0.25) is 15.9 Å². The highest BCUT2D eigenvalue weighted by molar-refractivity contribution is 9.10. The van der Waals surface area contributed by atoms with E-state index in [1.807, 2.05) is 0 Å². The van der Waals surface area contributed by atoms with Crippen LogP contribution in [0.5, 0.6) is 5.75 Å². The average Bonchev–Trinajstić information content (AvgIpc) is 2.26. The van der Waals surface area contributed by atoms with Gasteiger partial charge in [-0.1, -0.05) is 0 Å². The second-order valence-electron chi connectivity index (χ2n) is 3.99. The van der Waals surface area contributed by atoms with Crippen molar-refractivity contribution in [3.8, 4) is 5.75 Å². The van der Waals surface area contributed by atoms with Crippen LogP contribution in [0.2, 0.25) is 0 Å². The molecule has 0 radical (unpaired) electrons. The minimum Gasteiger partial charge on any atom is -0.496 e. The Morgan fingerprint density at radius 1 is 1.53 bits per heavy atom. The van der Waals surface area contributed by atoms with E-state index in [0.29, 0.717) is 10.2 Å². The number of halogens is 1. The van der Waals surface area contributed by atoms with E-state index in [1.54, 1.807) is 6.92 Å². The van der Waals surface area contributed by atoms with Crippen LogP contribution in [0.3, 0.4) is 0 Å². The second-order valence-corrected chi connectivity index (χ2v) is 6.56. The minimum absolute atomic E-state index is 0.0590. The SMILES string of the molecule is COc1ccc(S(=O)(=O)NC(C)CC(N)=O)cc1Br. The van der Waals surface area contributed by atoms with E-state index in [0.717, 1.165) is 0 Å². The number of methoxy groups -OCH3 is 1. The maximum Gasteiger partial charge on any atom is 0.240 e. The van der Waals surface area contributed by atoms with E-state index in [4.69, 9.17) is 10.5 Å². The van der Waals surface area contributed by atoms with Gasteiger partial charge in [-0.25, -0.2) is 13.1 Å². The molecule has 0 spiro atoms. The van der Waals surface area contributed by atoms with Crippen LogP contribution in [-0.2, 0) is 14.8 Å². The second kappa shape index (κ2) is 6.36. The average molecular weight is 351 g/mol. The van der Waals surface area contributed by atoms with Gasteiger partial charge in [-0.3, -0.25) is 4.79 Å². The number of amides is 1. The number of sulfonamides is 1. The van der Waals surface area contributed by atoms with Crippen LogP contribution in [-0.4, -0.2) is 27.5 Å². The summed E-state index contributed by atoms with van der Waals surface area (Å²) in [5.41, 5.74) is 5.02. The van der Waals surface area contributed by atoms with Crippen molar-refractivity contribution in [1.82, 2.24) is 4.72 Å². The van der Waals surface area contributed by atoms with Gasteiger partial charge in [-0.05, 0) is 41.1 Å². The van der Waals surface area contributed by atoms with Gasteiger partial charge in [0, 0.05) is 12.5 Å². The predicted octanol–water partition coefficient (Wildman–Crippen LogP) is 1.000. The Morgan fingerprint density at radius 3 is 2.63 bits per heavy atom. The molecule has 106 valence electrons. The molecule has 0 saturated heterocycles. The molecular formula is C11H15BrN2O4S. The smallest absolute Gasteiger partial charge is 0.240 e. The monoisotopic (exact) mass is 350 g/mol. The van der Waals surface area contributed by atoms with Crippen molar-refractivity contribution in [2.45, 2.75) is 24.3 Å². The van der Waals surface area contributed by atoms with Crippen molar-refractivity contribution >= 4 is 31.9 Å². The van der Waals surface area contributed by atoms with E-state index in [1.165, 1.54) is 25.3 Å². The lowest BCUT2D eigenvalue weighted by atomic mass is 10.2. The molecule has 0 aliphatic heterocycles. The van der Waals surface area contributed by atoms with Crippen molar-refractivity contribution in [1.29, 1.82) is 0 Å². The van der Waals surface area contributed by atoms with Gasteiger partial charge in [-0.15, -0.1) is 0 Å². The van der Waals surface area contributed by atoms with Gasteiger partial charge >= 0.3 is 0 Å². The van der Waals surface area contributed by atoms with E-state index in [2.05, 4.69) is 20.7 Å². The zero-order valence-electron chi connectivity index (χ0n) is 10.5. The van der Waals surface area contributed by atoms with E-state index in [-0.39, 0.29) is 11.3 Å². The molecule has 8 heteroatoms. The van der Waals surface area contributed by atoms with Crippen LogP contribution in [0.25, 0.3) is 0 Å². The molecule has 0 aromatic heterocycles. The summed E-state index contributed by atoms with van der Waals surface area (Å²) >= 11 is 3.21. The molecule has 19 heavy (non-hydrogen) atoms. The zero-order valence-corrected chi connectivity index (χ0v) is 12.9. The number of hydrogen-bond donors (Lipinski definition) is 2. The zero-order chi connectivity index (χ0) is 14.6. The van der Waals surface area contributed by atoms with Gasteiger partial charge in [0.05, 0.1) is 16.5 Å². The van der Waals surface area contributed by atoms with E-state index in [9.17, 15) is 13.2 Å². The summed E-state index contributed by atoms with van der Waals surface area (Å²) < 4.78 is 32.0. The normalized spacial score (nSPS) is 13.0. The quantitative estimate of drug-likeness (QED) is 0.799. The first-order valence-electron chi connectivity index (χ1n) is 5.40. The lowest BCUT2D eigenvalue weighted by Gasteiger charge is -2.13. The molecule has 1 rings (SSSR count). The molecule has 1 aromatic carbocycles. The van der Waals surface area contributed by atoms with Gasteiger partial charge in [-0.2, -0.15) is 0 Å². The largest absolute Gasteiger partial charge is 0.496 e. The Balaban J connectivity index is 2.94. The lowest BCUT2D eigenvalue weighted by Crippen LogP contribution is -2.35. The molecule has 0 aliphatic carbocycles. The maximum absolute atomic E-state index is 12.1. The summed E-state index contributed by atoms with van der Waals surface area (Å²) in [6.07, 6.45) is -0.0590. The molecule has 6 nitrogen and oxygen atoms in total. The first-order valence-corrected chi connectivity index (χ1v) is 7.68. The number of nitrogens with one attached hydrogen (secondary N) is 1. The van der Waals surface area contributed by atoms with Crippen molar-refractivity contribution in [3.63, 3.8) is 0 Å². The number of carbonyl (C=O) groups excluding carboxylic acids is 1. The third-order valence-corrected chi connectivity index (χ3v) is 4.50.